The molecule has 1 saturated carbocycles. The Bertz CT molecular complexity index is 271. The molecule has 98 valence electrons. The van der Waals surface area contributed by atoms with Gasteiger partial charge >= 0.3 is 0 Å². The van der Waals surface area contributed by atoms with Crippen LogP contribution in [-0.2, 0) is 0 Å². The zero-order valence-corrected chi connectivity index (χ0v) is 12.1. The van der Waals surface area contributed by atoms with Crippen LogP contribution in [0, 0.1) is 11.8 Å². The summed E-state index contributed by atoms with van der Waals surface area (Å²) >= 11 is 0. The van der Waals surface area contributed by atoms with Gasteiger partial charge in [-0.3, -0.25) is 0 Å². The van der Waals surface area contributed by atoms with Crippen LogP contribution in [0.2, 0.25) is 0 Å². The molecule has 0 aliphatic heterocycles. The van der Waals surface area contributed by atoms with Gasteiger partial charge in [0.05, 0.1) is 0 Å². The predicted molar refractivity (Wildman–Crippen MR) is 77.2 cm³/mol. The van der Waals surface area contributed by atoms with E-state index >= 15 is 0 Å². The largest absolute Gasteiger partial charge is 0.316 e. The second-order valence-corrected chi connectivity index (χ2v) is 5.40. The fraction of sp³-hybridized carbons (Fsp3) is 0.750. The second-order valence-electron chi connectivity index (χ2n) is 5.40. The van der Waals surface area contributed by atoms with E-state index in [9.17, 15) is 0 Å². The molecule has 0 bridgehead atoms. The van der Waals surface area contributed by atoms with Crippen LogP contribution in [0.25, 0.3) is 0 Å². The van der Waals surface area contributed by atoms with E-state index in [1.165, 1.54) is 25.7 Å². The molecule has 0 aromatic carbocycles. The maximum atomic E-state index is 3.44. The van der Waals surface area contributed by atoms with Crippen molar-refractivity contribution >= 4 is 0 Å². The Kier molecular flexibility index (Phi) is 6.57. The van der Waals surface area contributed by atoms with Gasteiger partial charge in [0.15, 0.2) is 0 Å². The van der Waals surface area contributed by atoms with Crippen molar-refractivity contribution in [3.8, 4) is 0 Å². The lowest BCUT2D eigenvalue weighted by molar-refractivity contribution is 0.579. The first kappa shape index (κ1) is 14.5. The average molecular weight is 235 g/mol. The van der Waals surface area contributed by atoms with Crippen molar-refractivity contribution in [2.24, 2.45) is 11.8 Å². The molecule has 0 spiro atoms. The van der Waals surface area contributed by atoms with Gasteiger partial charge in [-0.05, 0) is 50.6 Å². The molecule has 1 aliphatic rings. The van der Waals surface area contributed by atoms with Crippen molar-refractivity contribution in [3.63, 3.8) is 0 Å². The highest BCUT2D eigenvalue weighted by Gasteiger charge is 2.21. The third kappa shape index (κ3) is 5.54. The van der Waals surface area contributed by atoms with Crippen molar-refractivity contribution in [1.29, 1.82) is 0 Å². The molecule has 1 atom stereocenters. The fourth-order valence-electron chi connectivity index (χ4n) is 2.21. The first-order valence-corrected chi connectivity index (χ1v) is 7.22. The van der Waals surface area contributed by atoms with Gasteiger partial charge in [0.1, 0.15) is 0 Å². The molecule has 0 radical (unpaired) electrons. The smallest absolute Gasteiger partial charge is 0.00142 e. The Morgan fingerprint density at radius 1 is 1.41 bits per heavy atom. The van der Waals surface area contributed by atoms with Gasteiger partial charge in [-0.15, -0.1) is 0 Å². The fourth-order valence-corrected chi connectivity index (χ4v) is 2.21. The van der Waals surface area contributed by atoms with E-state index in [-0.39, 0.29) is 0 Å². The van der Waals surface area contributed by atoms with Crippen molar-refractivity contribution in [2.45, 2.75) is 53.4 Å². The van der Waals surface area contributed by atoms with E-state index < -0.39 is 0 Å². The minimum absolute atomic E-state index is 0.653. The minimum atomic E-state index is 0.653. The number of hydrogen-bond donors (Lipinski definition) is 1. The molecule has 1 heteroatoms. The summed E-state index contributed by atoms with van der Waals surface area (Å²) in [7, 11) is 0. The van der Waals surface area contributed by atoms with E-state index in [4.69, 9.17) is 0 Å². The number of nitrogens with one attached hydrogen (secondary N) is 1. The standard InChI is InChI=1S/C16H29N/c1-5-7-16(11-10-15-8-9-15)14(4)13(3)12-17-6-2/h5,7,13,15,17H,6,8-12H2,1-4H3/b7-5-,16-14-/t13-/m0/s1. The summed E-state index contributed by atoms with van der Waals surface area (Å²) in [5.41, 5.74) is 3.15. The summed E-state index contributed by atoms with van der Waals surface area (Å²) in [6.07, 6.45) is 10.1. The lowest BCUT2D eigenvalue weighted by atomic mass is 9.93. The molecule has 0 aromatic heterocycles. The van der Waals surface area contributed by atoms with Gasteiger partial charge < -0.3 is 5.32 Å². The molecular weight excluding hydrogens is 206 g/mol. The lowest BCUT2D eigenvalue weighted by Crippen LogP contribution is -2.21. The van der Waals surface area contributed by atoms with Gasteiger partial charge in [0, 0.05) is 6.54 Å². The molecular formula is C16H29N. The molecule has 1 aliphatic carbocycles. The molecule has 0 aromatic rings. The molecule has 1 rings (SSSR count). The summed E-state index contributed by atoms with van der Waals surface area (Å²) in [6, 6.07) is 0. The highest BCUT2D eigenvalue weighted by atomic mass is 14.8. The maximum Gasteiger partial charge on any atom is 0.00142 e. The van der Waals surface area contributed by atoms with E-state index in [0.717, 1.165) is 19.0 Å². The highest BCUT2D eigenvalue weighted by molar-refractivity contribution is 5.26. The summed E-state index contributed by atoms with van der Waals surface area (Å²) in [4.78, 5) is 0. The van der Waals surface area contributed by atoms with Gasteiger partial charge in [-0.25, -0.2) is 0 Å². The van der Waals surface area contributed by atoms with Crippen molar-refractivity contribution in [3.05, 3.63) is 23.3 Å². The van der Waals surface area contributed by atoms with Crippen LogP contribution in [0.3, 0.4) is 0 Å². The van der Waals surface area contributed by atoms with Crippen LogP contribution in [0.1, 0.15) is 53.4 Å². The Labute approximate surface area is 107 Å². The average Bonchev–Trinajstić information content (AvgIpc) is 3.14. The molecule has 1 N–H and O–H groups in total. The summed E-state index contributed by atoms with van der Waals surface area (Å²) in [6.45, 7) is 11.1. The van der Waals surface area contributed by atoms with Gasteiger partial charge in [-0.2, -0.15) is 0 Å². The maximum absolute atomic E-state index is 3.44. The van der Waals surface area contributed by atoms with Crippen LogP contribution >= 0.6 is 0 Å². The monoisotopic (exact) mass is 235 g/mol. The van der Waals surface area contributed by atoms with Crippen molar-refractivity contribution in [1.82, 2.24) is 5.32 Å². The van der Waals surface area contributed by atoms with Gasteiger partial charge in [0.25, 0.3) is 0 Å². The summed E-state index contributed by atoms with van der Waals surface area (Å²) < 4.78 is 0. The van der Waals surface area contributed by atoms with Crippen molar-refractivity contribution in [2.75, 3.05) is 13.1 Å². The Balaban J connectivity index is 2.55. The molecule has 1 nitrogen and oxygen atoms in total. The highest BCUT2D eigenvalue weighted by Crippen LogP contribution is 2.35. The summed E-state index contributed by atoms with van der Waals surface area (Å²) in [5, 5.41) is 3.44. The lowest BCUT2D eigenvalue weighted by Gasteiger charge is -2.16. The molecule has 17 heavy (non-hydrogen) atoms. The van der Waals surface area contributed by atoms with Crippen LogP contribution in [0.4, 0.5) is 0 Å². The first-order chi connectivity index (χ1) is 8.19. The molecule has 1 fully saturated rings. The molecule has 0 saturated heterocycles. The molecule has 0 heterocycles. The van der Waals surface area contributed by atoms with E-state index in [1.54, 1.807) is 11.1 Å². The van der Waals surface area contributed by atoms with E-state index in [1.807, 2.05) is 0 Å². The topological polar surface area (TPSA) is 12.0 Å². The second kappa shape index (κ2) is 7.71. The molecule has 0 unspecified atom stereocenters. The van der Waals surface area contributed by atoms with Crippen LogP contribution < -0.4 is 5.32 Å². The summed E-state index contributed by atoms with van der Waals surface area (Å²) in [5.74, 6) is 1.69. The van der Waals surface area contributed by atoms with Crippen LogP contribution in [0.15, 0.2) is 23.3 Å². The number of hydrogen-bond acceptors (Lipinski definition) is 1. The normalized spacial score (nSPS) is 19.5. The number of allylic oxidation sites excluding steroid dienone is 3. The van der Waals surface area contributed by atoms with E-state index in [2.05, 4.69) is 45.2 Å². The third-order valence-electron chi connectivity index (χ3n) is 3.83. The predicted octanol–water partition coefficient (Wildman–Crippen LogP) is 4.31. The Hall–Kier alpha value is -0.560. The van der Waals surface area contributed by atoms with Gasteiger partial charge in [-0.1, -0.05) is 44.4 Å². The van der Waals surface area contributed by atoms with Crippen molar-refractivity contribution < 1.29 is 0 Å². The Morgan fingerprint density at radius 3 is 2.65 bits per heavy atom. The van der Waals surface area contributed by atoms with E-state index in [0.29, 0.717) is 5.92 Å². The van der Waals surface area contributed by atoms with Crippen LogP contribution in [0.5, 0.6) is 0 Å². The quantitative estimate of drug-likeness (QED) is 0.618. The Morgan fingerprint density at radius 2 is 2.12 bits per heavy atom. The SMILES string of the molecule is C/C=C\C(CCC1CC1)=C(/C)[C@@H](C)CNCC. The molecule has 0 amide bonds. The van der Waals surface area contributed by atoms with Crippen LogP contribution in [-0.4, -0.2) is 13.1 Å². The van der Waals surface area contributed by atoms with Gasteiger partial charge in [0.2, 0.25) is 0 Å². The number of rotatable bonds is 8. The first-order valence-electron chi connectivity index (χ1n) is 7.22. The zero-order chi connectivity index (χ0) is 12.7. The third-order valence-corrected chi connectivity index (χ3v) is 3.83. The minimum Gasteiger partial charge on any atom is -0.316 e. The zero-order valence-electron chi connectivity index (χ0n) is 12.1.